The average molecular weight is 224 g/mol. The van der Waals surface area contributed by atoms with Gasteiger partial charge < -0.3 is 9.47 Å². The van der Waals surface area contributed by atoms with Crippen molar-refractivity contribution >= 4 is 11.6 Å². The quantitative estimate of drug-likeness (QED) is 0.790. The molecule has 0 aromatic carbocycles. The monoisotopic (exact) mass is 223 g/mol. The third kappa shape index (κ3) is 2.04. The Morgan fingerprint density at radius 1 is 1.29 bits per heavy atom. The van der Waals surface area contributed by atoms with Crippen molar-refractivity contribution in [3.8, 4) is 11.8 Å². The van der Waals surface area contributed by atoms with E-state index in [1.54, 1.807) is 0 Å². The highest BCUT2D eigenvalue weighted by atomic mass is 35.5. The Morgan fingerprint density at radius 2 is 1.86 bits per heavy atom. The highest BCUT2D eigenvalue weighted by Gasteiger charge is 2.18. The smallest absolute Gasteiger partial charge is 0.269 e. The van der Waals surface area contributed by atoms with Gasteiger partial charge in [0.05, 0.1) is 19.8 Å². The molecule has 0 radical (unpaired) electrons. The second-order valence-electron chi connectivity index (χ2n) is 2.38. The van der Waals surface area contributed by atoms with Crippen molar-refractivity contribution < 1.29 is 18.3 Å². The summed E-state index contributed by atoms with van der Waals surface area (Å²) < 4.78 is 34.3. The number of pyridine rings is 1. The molecule has 1 heterocycles. The van der Waals surface area contributed by atoms with Crippen LogP contribution in [-0.2, 0) is 0 Å². The summed E-state index contributed by atoms with van der Waals surface area (Å²) in [4.78, 5) is 3.67. The van der Waals surface area contributed by atoms with Gasteiger partial charge in [-0.3, -0.25) is 0 Å². The molecule has 6 heteroatoms. The SMILES string of the molecule is COc1nc(OC)c(C(F)F)cc1Cl. The minimum atomic E-state index is -2.68. The second kappa shape index (κ2) is 4.41. The van der Waals surface area contributed by atoms with E-state index in [4.69, 9.17) is 16.3 Å². The third-order valence-electron chi connectivity index (χ3n) is 1.56. The van der Waals surface area contributed by atoms with Crippen LogP contribution in [0.2, 0.25) is 5.02 Å². The van der Waals surface area contributed by atoms with Crippen LogP contribution in [0.1, 0.15) is 12.0 Å². The molecule has 0 spiro atoms. The van der Waals surface area contributed by atoms with Crippen LogP contribution >= 0.6 is 11.6 Å². The van der Waals surface area contributed by atoms with Gasteiger partial charge in [-0.2, -0.15) is 4.98 Å². The summed E-state index contributed by atoms with van der Waals surface area (Å²) >= 11 is 5.63. The largest absolute Gasteiger partial charge is 0.481 e. The summed E-state index contributed by atoms with van der Waals surface area (Å²) in [7, 11) is 2.59. The van der Waals surface area contributed by atoms with E-state index in [0.29, 0.717) is 0 Å². The first-order valence-corrected chi connectivity index (χ1v) is 4.04. The molecule has 14 heavy (non-hydrogen) atoms. The molecule has 1 aromatic rings. The number of halogens is 3. The van der Waals surface area contributed by atoms with Crippen molar-refractivity contribution in [3.63, 3.8) is 0 Å². The number of methoxy groups -OCH3 is 2. The number of nitrogens with zero attached hydrogens (tertiary/aromatic N) is 1. The molecule has 0 saturated carbocycles. The number of hydrogen-bond donors (Lipinski definition) is 0. The predicted molar refractivity (Wildman–Crippen MR) is 47.3 cm³/mol. The Balaban J connectivity index is 3.24. The lowest BCUT2D eigenvalue weighted by Crippen LogP contribution is -1.98. The lowest BCUT2D eigenvalue weighted by atomic mass is 10.3. The number of ether oxygens (including phenoxy) is 2. The second-order valence-corrected chi connectivity index (χ2v) is 2.79. The van der Waals surface area contributed by atoms with Crippen LogP contribution in [0.25, 0.3) is 0 Å². The molecule has 0 aliphatic carbocycles. The van der Waals surface area contributed by atoms with Crippen LogP contribution in [0, 0.1) is 0 Å². The Labute approximate surface area is 84.6 Å². The van der Waals surface area contributed by atoms with Crippen LogP contribution in [-0.4, -0.2) is 19.2 Å². The molecule has 1 rings (SSSR count). The lowest BCUT2D eigenvalue weighted by Gasteiger charge is -2.09. The van der Waals surface area contributed by atoms with Crippen LogP contribution < -0.4 is 9.47 Å². The lowest BCUT2D eigenvalue weighted by molar-refractivity contribution is 0.145. The number of aromatic nitrogens is 1. The van der Waals surface area contributed by atoms with Gasteiger partial charge in [0.2, 0.25) is 11.8 Å². The molecule has 1 aromatic heterocycles. The van der Waals surface area contributed by atoms with Crippen molar-refractivity contribution in [2.24, 2.45) is 0 Å². The minimum Gasteiger partial charge on any atom is -0.481 e. The van der Waals surface area contributed by atoms with E-state index in [0.717, 1.165) is 6.07 Å². The van der Waals surface area contributed by atoms with Crippen molar-refractivity contribution in [1.82, 2.24) is 4.98 Å². The first kappa shape index (κ1) is 11.0. The zero-order valence-electron chi connectivity index (χ0n) is 7.55. The number of hydrogen-bond acceptors (Lipinski definition) is 3. The zero-order valence-corrected chi connectivity index (χ0v) is 8.31. The maximum Gasteiger partial charge on any atom is 0.269 e. The molecule has 78 valence electrons. The van der Waals surface area contributed by atoms with Crippen LogP contribution in [0.15, 0.2) is 6.07 Å². The maximum atomic E-state index is 12.4. The van der Waals surface area contributed by atoms with Crippen LogP contribution in [0.3, 0.4) is 0 Å². The van der Waals surface area contributed by atoms with E-state index < -0.39 is 6.43 Å². The van der Waals surface area contributed by atoms with E-state index >= 15 is 0 Å². The van der Waals surface area contributed by atoms with Gasteiger partial charge in [0.15, 0.2) is 0 Å². The zero-order chi connectivity index (χ0) is 10.7. The third-order valence-corrected chi connectivity index (χ3v) is 1.83. The fourth-order valence-corrected chi connectivity index (χ4v) is 1.17. The van der Waals surface area contributed by atoms with E-state index in [1.807, 2.05) is 0 Å². The Kier molecular flexibility index (Phi) is 3.46. The maximum absolute atomic E-state index is 12.4. The van der Waals surface area contributed by atoms with Crippen molar-refractivity contribution in [2.45, 2.75) is 6.43 Å². The van der Waals surface area contributed by atoms with Gasteiger partial charge in [-0.1, -0.05) is 11.6 Å². The summed E-state index contributed by atoms with van der Waals surface area (Å²) in [6.45, 7) is 0. The van der Waals surface area contributed by atoms with E-state index in [2.05, 4.69) is 9.72 Å². The van der Waals surface area contributed by atoms with Crippen molar-refractivity contribution in [3.05, 3.63) is 16.7 Å². The molecule has 3 nitrogen and oxygen atoms in total. The fraction of sp³-hybridized carbons (Fsp3) is 0.375. The molecule has 0 N–H and O–H groups in total. The Bertz CT molecular complexity index is 333. The van der Waals surface area contributed by atoms with E-state index in [-0.39, 0.29) is 22.3 Å². The molecule has 0 aliphatic rings. The first-order chi connectivity index (χ1) is 6.60. The van der Waals surface area contributed by atoms with Gasteiger partial charge in [0.25, 0.3) is 6.43 Å². The van der Waals surface area contributed by atoms with E-state index in [9.17, 15) is 8.78 Å². The first-order valence-electron chi connectivity index (χ1n) is 3.66. The molecular formula is C8H8ClF2NO2. The summed E-state index contributed by atoms with van der Waals surface area (Å²) in [5.41, 5.74) is -0.349. The minimum absolute atomic E-state index is 0.0311. The summed E-state index contributed by atoms with van der Waals surface area (Å²) in [5, 5.41) is 0.0311. The van der Waals surface area contributed by atoms with E-state index in [1.165, 1.54) is 14.2 Å². The highest BCUT2D eigenvalue weighted by Crippen LogP contribution is 2.34. The Morgan fingerprint density at radius 3 is 2.29 bits per heavy atom. The summed E-state index contributed by atoms with van der Waals surface area (Å²) in [6.07, 6.45) is -2.68. The molecule has 0 unspecified atom stereocenters. The van der Waals surface area contributed by atoms with Gasteiger partial charge in [-0.05, 0) is 6.07 Å². The van der Waals surface area contributed by atoms with Crippen molar-refractivity contribution in [2.75, 3.05) is 14.2 Å². The standard InChI is InChI=1S/C8H8ClF2NO2/c1-13-7-4(6(10)11)3-5(9)8(12-7)14-2/h3,6H,1-2H3. The highest BCUT2D eigenvalue weighted by molar-refractivity contribution is 6.31. The topological polar surface area (TPSA) is 31.4 Å². The fourth-order valence-electron chi connectivity index (χ4n) is 0.933. The molecule has 0 fully saturated rings. The molecule has 0 bridgehead atoms. The predicted octanol–water partition coefficient (Wildman–Crippen LogP) is 2.69. The number of alkyl halides is 2. The van der Waals surface area contributed by atoms with Gasteiger partial charge in [-0.15, -0.1) is 0 Å². The molecule has 0 amide bonds. The molecule has 0 atom stereocenters. The van der Waals surface area contributed by atoms with Gasteiger partial charge >= 0.3 is 0 Å². The van der Waals surface area contributed by atoms with Gasteiger partial charge in [0, 0.05) is 0 Å². The summed E-state index contributed by atoms with van der Waals surface area (Å²) in [6, 6.07) is 1.08. The molecule has 0 saturated heterocycles. The van der Waals surface area contributed by atoms with Gasteiger partial charge in [0.1, 0.15) is 5.02 Å². The van der Waals surface area contributed by atoms with Gasteiger partial charge in [-0.25, -0.2) is 8.78 Å². The average Bonchev–Trinajstić information content (AvgIpc) is 2.17. The summed E-state index contributed by atoms with van der Waals surface area (Å²) in [5.74, 6) is -0.117. The van der Waals surface area contributed by atoms with Crippen LogP contribution in [0.5, 0.6) is 11.8 Å². The molecular weight excluding hydrogens is 216 g/mol. The number of rotatable bonds is 3. The van der Waals surface area contributed by atoms with Crippen molar-refractivity contribution in [1.29, 1.82) is 0 Å². The normalized spacial score (nSPS) is 10.4. The van der Waals surface area contributed by atoms with Crippen LogP contribution in [0.4, 0.5) is 8.78 Å². The Hall–Kier alpha value is -1.10. The molecule has 0 aliphatic heterocycles.